The van der Waals surface area contributed by atoms with E-state index < -0.39 is 23.6 Å². The van der Waals surface area contributed by atoms with Crippen LogP contribution in [0.15, 0.2) is 36.7 Å². The summed E-state index contributed by atoms with van der Waals surface area (Å²) in [5, 5.41) is 8.85. The van der Waals surface area contributed by atoms with Crippen LogP contribution in [-0.4, -0.2) is 58.0 Å². The SMILES string of the molecule is O=C(O)c1cnc(N2CCN(C(=O)c3ccccc3C(F)(F)F)CC2)nc1. The fraction of sp³-hybridized carbons (Fsp3) is 0.294. The van der Waals surface area contributed by atoms with E-state index in [-0.39, 0.29) is 24.2 Å². The van der Waals surface area contributed by atoms with Gasteiger partial charge in [0.15, 0.2) is 0 Å². The van der Waals surface area contributed by atoms with E-state index in [0.29, 0.717) is 19.0 Å². The average Bonchev–Trinajstić information content (AvgIpc) is 2.67. The van der Waals surface area contributed by atoms with Crippen LogP contribution in [0.25, 0.3) is 0 Å². The molecule has 0 unspecified atom stereocenters. The highest BCUT2D eigenvalue weighted by molar-refractivity contribution is 5.96. The smallest absolute Gasteiger partial charge is 0.417 e. The molecule has 0 radical (unpaired) electrons. The van der Waals surface area contributed by atoms with Crippen molar-refractivity contribution < 1.29 is 27.9 Å². The highest BCUT2D eigenvalue weighted by Gasteiger charge is 2.36. The van der Waals surface area contributed by atoms with Gasteiger partial charge in [-0.3, -0.25) is 4.79 Å². The largest absolute Gasteiger partial charge is 0.478 e. The minimum atomic E-state index is -4.60. The number of benzene rings is 1. The van der Waals surface area contributed by atoms with Gasteiger partial charge in [-0.15, -0.1) is 0 Å². The van der Waals surface area contributed by atoms with Gasteiger partial charge in [-0.2, -0.15) is 13.2 Å². The average molecular weight is 380 g/mol. The predicted molar refractivity (Wildman–Crippen MR) is 88.6 cm³/mol. The summed E-state index contributed by atoms with van der Waals surface area (Å²) in [6.07, 6.45) is -2.24. The Morgan fingerprint density at radius 2 is 1.59 bits per heavy atom. The number of aromatic carboxylic acids is 1. The van der Waals surface area contributed by atoms with E-state index in [1.165, 1.54) is 35.5 Å². The molecule has 1 amide bonds. The molecule has 7 nitrogen and oxygen atoms in total. The van der Waals surface area contributed by atoms with Crippen molar-refractivity contribution in [3.05, 3.63) is 53.3 Å². The maximum atomic E-state index is 13.1. The third kappa shape index (κ3) is 3.99. The minimum Gasteiger partial charge on any atom is -0.478 e. The molecule has 1 fully saturated rings. The molecule has 1 N–H and O–H groups in total. The summed E-state index contributed by atoms with van der Waals surface area (Å²) in [4.78, 5) is 34.4. The van der Waals surface area contributed by atoms with Gasteiger partial charge in [0.05, 0.1) is 16.7 Å². The van der Waals surface area contributed by atoms with E-state index in [1.54, 1.807) is 4.90 Å². The van der Waals surface area contributed by atoms with Gasteiger partial charge in [0.25, 0.3) is 5.91 Å². The van der Waals surface area contributed by atoms with Gasteiger partial charge >= 0.3 is 12.1 Å². The Balaban J connectivity index is 1.69. The normalized spacial score (nSPS) is 14.9. The number of nitrogens with zero attached hydrogens (tertiary/aromatic N) is 4. The van der Waals surface area contributed by atoms with Crippen molar-refractivity contribution in [3.8, 4) is 0 Å². The molecule has 1 aromatic carbocycles. The number of carbonyl (C=O) groups is 2. The van der Waals surface area contributed by atoms with Crippen LogP contribution in [0.4, 0.5) is 19.1 Å². The van der Waals surface area contributed by atoms with Crippen molar-refractivity contribution in [2.24, 2.45) is 0 Å². The highest BCUT2D eigenvalue weighted by atomic mass is 19.4. The van der Waals surface area contributed by atoms with Gasteiger partial charge in [-0.05, 0) is 12.1 Å². The van der Waals surface area contributed by atoms with Crippen molar-refractivity contribution in [2.75, 3.05) is 31.1 Å². The number of anilines is 1. The molecule has 0 bridgehead atoms. The van der Waals surface area contributed by atoms with Crippen LogP contribution in [0.5, 0.6) is 0 Å². The summed E-state index contributed by atoms with van der Waals surface area (Å²) < 4.78 is 39.3. The number of carboxylic acids is 1. The lowest BCUT2D eigenvalue weighted by Crippen LogP contribution is -2.49. The third-order valence-electron chi connectivity index (χ3n) is 4.20. The van der Waals surface area contributed by atoms with Crippen molar-refractivity contribution >= 4 is 17.8 Å². The molecule has 27 heavy (non-hydrogen) atoms. The summed E-state index contributed by atoms with van der Waals surface area (Å²) in [6, 6.07) is 4.71. The number of carbonyl (C=O) groups excluding carboxylic acids is 1. The number of carboxylic acid groups (broad SMARTS) is 1. The van der Waals surface area contributed by atoms with Crippen LogP contribution < -0.4 is 4.90 Å². The predicted octanol–water partition coefficient (Wildman–Crippen LogP) is 2.16. The molecular weight excluding hydrogens is 365 g/mol. The second-order valence-corrected chi connectivity index (χ2v) is 5.90. The molecule has 1 aromatic heterocycles. The fourth-order valence-corrected chi connectivity index (χ4v) is 2.79. The van der Waals surface area contributed by atoms with Crippen LogP contribution in [0.2, 0.25) is 0 Å². The van der Waals surface area contributed by atoms with Gasteiger partial charge in [-0.1, -0.05) is 12.1 Å². The first-order valence-corrected chi connectivity index (χ1v) is 8.03. The second kappa shape index (κ2) is 7.22. The van der Waals surface area contributed by atoms with Gasteiger partial charge < -0.3 is 14.9 Å². The number of amides is 1. The molecule has 0 spiro atoms. The zero-order valence-corrected chi connectivity index (χ0v) is 14.0. The number of hydrogen-bond donors (Lipinski definition) is 1. The number of piperazine rings is 1. The topological polar surface area (TPSA) is 86.6 Å². The molecule has 2 aromatic rings. The summed E-state index contributed by atoms with van der Waals surface area (Å²) in [5.41, 5.74) is -1.37. The van der Waals surface area contributed by atoms with Gasteiger partial charge in [-0.25, -0.2) is 14.8 Å². The van der Waals surface area contributed by atoms with Crippen molar-refractivity contribution in [3.63, 3.8) is 0 Å². The van der Waals surface area contributed by atoms with E-state index in [1.807, 2.05) is 0 Å². The van der Waals surface area contributed by atoms with Crippen LogP contribution >= 0.6 is 0 Å². The standard InChI is InChI=1S/C17H15F3N4O3/c18-17(19,20)13-4-2-1-3-12(13)14(25)23-5-7-24(8-6-23)16-21-9-11(10-22-16)15(26)27/h1-4,9-10H,5-8H2,(H,26,27). The Bertz CT molecular complexity index is 847. The maximum absolute atomic E-state index is 13.1. The second-order valence-electron chi connectivity index (χ2n) is 5.90. The minimum absolute atomic E-state index is 0.0451. The van der Waals surface area contributed by atoms with E-state index in [9.17, 15) is 22.8 Å². The first-order valence-electron chi connectivity index (χ1n) is 8.03. The summed E-state index contributed by atoms with van der Waals surface area (Å²) >= 11 is 0. The first-order chi connectivity index (χ1) is 12.8. The number of rotatable bonds is 3. The monoisotopic (exact) mass is 380 g/mol. The van der Waals surface area contributed by atoms with Crippen LogP contribution in [-0.2, 0) is 6.18 Å². The quantitative estimate of drug-likeness (QED) is 0.878. The van der Waals surface area contributed by atoms with E-state index in [2.05, 4.69) is 9.97 Å². The van der Waals surface area contributed by atoms with E-state index in [4.69, 9.17) is 5.11 Å². The molecule has 1 aliphatic rings. The lowest BCUT2D eigenvalue weighted by molar-refractivity contribution is -0.138. The summed E-state index contributed by atoms with van der Waals surface area (Å²) in [5.74, 6) is -1.51. The zero-order valence-electron chi connectivity index (χ0n) is 14.0. The fourth-order valence-electron chi connectivity index (χ4n) is 2.79. The number of hydrogen-bond acceptors (Lipinski definition) is 5. The third-order valence-corrected chi connectivity index (χ3v) is 4.20. The Labute approximate surface area is 152 Å². The van der Waals surface area contributed by atoms with Crippen LogP contribution in [0, 0.1) is 0 Å². The molecular formula is C17H15F3N4O3. The maximum Gasteiger partial charge on any atom is 0.417 e. The summed E-state index contributed by atoms with van der Waals surface area (Å²) in [6.45, 7) is 1.06. The van der Waals surface area contributed by atoms with Crippen LogP contribution in [0.1, 0.15) is 26.3 Å². The van der Waals surface area contributed by atoms with Crippen LogP contribution in [0.3, 0.4) is 0 Å². The molecule has 3 rings (SSSR count). The molecule has 2 heterocycles. The summed E-state index contributed by atoms with van der Waals surface area (Å²) in [7, 11) is 0. The molecule has 0 saturated carbocycles. The van der Waals surface area contributed by atoms with Gasteiger partial charge in [0, 0.05) is 38.6 Å². The lowest BCUT2D eigenvalue weighted by Gasteiger charge is -2.35. The molecule has 1 saturated heterocycles. The first kappa shape index (κ1) is 18.6. The highest BCUT2D eigenvalue weighted by Crippen LogP contribution is 2.32. The Kier molecular flexibility index (Phi) is 4.98. The molecule has 10 heteroatoms. The van der Waals surface area contributed by atoms with Crippen molar-refractivity contribution in [2.45, 2.75) is 6.18 Å². The Hall–Kier alpha value is -3.17. The van der Waals surface area contributed by atoms with Gasteiger partial charge in [0.1, 0.15) is 0 Å². The molecule has 0 aliphatic carbocycles. The Morgan fingerprint density at radius 1 is 1.00 bits per heavy atom. The van der Waals surface area contributed by atoms with Crippen molar-refractivity contribution in [1.82, 2.24) is 14.9 Å². The Morgan fingerprint density at radius 3 is 2.15 bits per heavy atom. The number of aromatic nitrogens is 2. The lowest BCUT2D eigenvalue weighted by atomic mass is 10.1. The van der Waals surface area contributed by atoms with Gasteiger partial charge in [0.2, 0.25) is 5.95 Å². The van der Waals surface area contributed by atoms with E-state index in [0.717, 1.165) is 6.07 Å². The van der Waals surface area contributed by atoms with E-state index >= 15 is 0 Å². The zero-order chi connectivity index (χ0) is 19.6. The number of alkyl halides is 3. The molecule has 1 aliphatic heterocycles. The number of halogens is 3. The molecule has 142 valence electrons. The molecule has 0 atom stereocenters. The van der Waals surface area contributed by atoms with Crippen molar-refractivity contribution in [1.29, 1.82) is 0 Å².